The first-order valence-electron chi connectivity index (χ1n) is 4.78. The summed E-state index contributed by atoms with van der Waals surface area (Å²) >= 11 is 3.53. The monoisotopic (exact) mass is 252 g/mol. The Morgan fingerprint density at radius 2 is 2.00 bits per heavy atom. The van der Waals surface area contributed by atoms with Crippen molar-refractivity contribution in [2.24, 2.45) is 0 Å². The highest BCUT2D eigenvalue weighted by molar-refractivity contribution is 9.10. The number of rotatable bonds is 1. The molecule has 2 aromatic rings. The number of fused-ring (bicyclic) bond motifs is 1. The van der Waals surface area contributed by atoms with Crippen molar-refractivity contribution in [3.63, 3.8) is 0 Å². The molecule has 0 N–H and O–H groups in total. The van der Waals surface area contributed by atoms with Gasteiger partial charge in [0.1, 0.15) is 5.65 Å². The minimum absolute atomic E-state index is 0.991. The van der Waals surface area contributed by atoms with Crippen molar-refractivity contribution in [2.45, 2.75) is 27.2 Å². The van der Waals surface area contributed by atoms with Crippen molar-refractivity contribution in [2.75, 3.05) is 0 Å². The van der Waals surface area contributed by atoms with E-state index in [1.165, 1.54) is 17.1 Å². The van der Waals surface area contributed by atoms with Gasteiger partial charge in [0.25, 0.3) is 0 Å². The maximum atomic E-state index is 4.57. The molecule has 74 valence electrons. The fourth-order valence-electron chi connectivity index (χ4n) is 1.82. The number of hydrogen-bond acceptors (Lipinski definition) is 1. The Hall–Kier alpha value is -0.830. The molecule has 0 aromatic carbocycles. The second kappa shape index (κ2) is 3.39. The zero-order chi connectivity index (χ0) is 10.3. The molecule has 2 heterocycles. The van der Waals surface area contributed by atoms with Crippen LogP contribution in [0.2, 0.25) is 0 Å². The van der Waals surface area contributed by atoms with E-state index < -0.39 is 0 Å². The summed E-state index contributed by atoms with van der Waals surface area (Å²) in [6.07, 6.45) is 0.991. The topological polar surface area (TPSA) is 17.3 Å². The van der Waals surface area contributed by atoms with Crippen molar-refractivity contribution >= 4 is 21.6 Å². The number of hydrogen-bond donors (Lipinski definition) is 0. The predicted octanol–water partition coefficient (Wildman–Crippen LogP) is 3.28. The van der Waals surface area contributed by atoms with Crippen LogP contribution in [-0.4, -0.2) is 9.38 Å². The van der Waals surface area contributed by atoms with Crippen LogP contribution in [0.4, 0.5) is 0 Å². The summed E-state index contributed by atoms with van der Waals surface area (Å²) in [5.41, 5.74) is 4.69. The van der Waals surface area contributed by atoms with Crippen LogP contribution < -0.4 is 0 Å². The largest absolute Gasteiger partial charge is 0.300 e. The molecule has 2 nitrogen and oxygen atoms in total. The van der Waals surface area contributed by atoms with Gasteiger partial charge in [0.2, 0.25) is 0 Å². The standard InChI is InChI=1S/C11H13BrN2/c1-4-10-8(3)14-7(2)9(12)5-6-11(14)13-10/h5-6H,4H2,1-3H3. The predicted molar refractivity (Wildman–Crippen MR) is 61.7 cm³/mol. The first kappa shape index (κ1) is 9.71. The summed E-state index contributed by atoms with van der Waals surface area (Å²) < 4.78 is 3.33. The van der Waals surface area contributed by atoms with Gasteiger partial charge in [-0.2, -0.15) is 0 Å². The second-order valence-corrected chi connectivity index (χ2v) is 4.31. The van der Waals surface area contributed by atoms with E-state index in [9.17, 15) is 0 Å². The average molecular weight is 253 g/mol. The van der Waals surface area contributed by atoms with E-state index in [2.05, 4.69) is 52.2 Å². The lowest BCUT2D eigenvalue weighted by molar-refractivity contribution is 0.991. The summed E-state index contributed by atoms with van der Waals surface area (Å²) in [5.74, 6) is 0. The summed E-state index contributed by atoms with van der Waals surface area (Å²) in [7, 11) is 0. The average Bonchev–Trinajstić information content (AvgIpc) is 2.50. The molecule has 14 heavy (non-hydrogen) atoms. The Morgan fingerprint density at radius 1 is 1.29 bits per heavy atom. The number of halogens is 1. The van der Waals surface area contributed by atoms with Crippen molar-refractivity contribution in [3.05, 3.63) is 33.7 Å². The first-order valence-corrected chi connectivity index (χ1v) is 5.57. The van der Waals surface area contributed by atoms with Gasteiger partial charge >= 0.3 is 0 Å². The third kappa shape index (κ3) is 1.27. The number of aryl methyl sites for hydroxylation is 3. The smallest absolute Gasteiger partial charge is 0.137 e. The lowest BCUT2D eigenvalue weighted by Crippen LogP contribution is -1.94. The molecule has 0 spiro atoms. The molecule has 3 heteroatoms. The Morgan fingerprint density at radius 3 is 2.64 bits per heavy atom. The molecule has 0 aliphatic heterocycles. The van der Waals surface area contributed by atoms with Gasteiger partial charge in [-0.15, -0.1) is 0 Å². The highest BCUT2D eigenvalue weighted by Crippen LogP contribution is 2.21. The summed E-state index contributed by atoms with van der Waals surface area (Å²) in [6, 6.07) is 4.10. The van der Waals surface area contributed by atoms with E-state index in [-0.39, 0.29) is 0 Å². The van der Waals surface area contributed by atoms with Crippen LogP contribution >= 0.6 is 15.9 Å². The highest BCUT2D eigenvalue weighted by Gasteiger charge is 2.09. The molecule has 0 radical (unpaired) electrons. The van der Waals surface area contributed by atoms with Crippen LogP contribution in [0.15, 0.2) is 16.6 Å². The van der Waals surface area contributed by atoms with E-state index >= 15 is 0 Å². The lowest BCUT2D eigenvalue weighted by atomic mass is 10.3. The van der Waals surface area contributed by atoms with E-state index in [1.807, 2.05) is 6.07 Å². The zero-order valence-corrected chi connectivity index (χ0v) is 10.2. The number of aromatic nitrogens is 2. The van der Waals surface area contributed by atoms with Gasteiger partial charge in [-0.25, -0.2) is 4.98 Å². The highest BCUT2D eigenvalue weighted by atomic mass is 79.9. The minimum Gasteiger partial charge on any atom is -0.300 e. The van der Waals surface area contributed by atoms with Crippen LogP contribution in [0.1, 0.15) is 24.0 Å². The number of imidazole rings is 1. The van der Waals surface area contributed by atoms with Crippen molar-refractivity contribution in [1.29, 1.82) is 0 Å². The van der Waals surface area contributed by atoms with E-state index in [1.54, 1.807) is 0 Å². The van der Waals surface area contributed by atoms with Gasteiger partial charge in [0.15, 0.2) is 0 Å². The minimum atomic E-state index is 0.991. The van der Waals surface area contributed by atoms with Gasteiger partial charge in [0, 0.05) is 15.9 Å². The molecule has 2 aromatic heterocycles. The van der Waals surface area contributed by atoms with Crippen LogP contribution in [-0.2, 0) is 6.42 Å². The zero-order valence-electron chi connectivity index (χ0n) is 8.63. The number of pyridine rings is 1. The van der Waals surface area contributed by atoms with Crippen LogP contribution in [0.3, 0.4) is 0 Å². The molecule has 0 atom stereocenters. The second-order valence-electron chi connectivity index (χ2n) is 3.46. The molecular weight excluding hydrogens is 240 g/mol. The van der Waals surface area contributed by atoms with Gasteiger partial charge < -0.3 is 4.40 Å². The first-order chi connectivity index (χ1) is 6.65. The van der Waals surface area contributed by atoms with Crippen LogP contribution in [0.25, 0.3) is 5.65 Å². The van der Waals surface area contributed by atoms with Crippen molar-refractivity contribution in [1.82, 2.24) is 9.38 Å². The quantitative estimate of drug-likeness (QED) is 0.762. The summed E-state index contributed by atoms with van der Waals surface area (Å²) in [6.45, 7) is 6.36. The van der Waals surface area contributed by atoms with E-state index in [4.69, 9.17) is 0 Å². The van der Waals surface area contributed by atoms with Crippen LogP contribution in [0.5, 0.6) is 0 Å². The Balaban J connectivity index is 2.87. The Kier molecular flexibility index (Phi) is 2.35. The summed E-state index contributed by atoms with van der Waals surface area (Å²) in [4.78, 5) is 4.57. The molecule has 2 rings (SSSR count). The normalized spacial score (nSPS) is 11.1. The molecule has 0 amide bonds. The molecule has 0 saturated carbocycles. The van der Waals surface area contributed by atoms with Crippen molar-refractivity contribution in [3.8, 4) is 0 Å². The SMILES string of the molecule is CCc1nc2ccc(Br)c(C)n2c1C. The maximum absolute atomic E-state index is 4.57. The molecule has 0 saturated heterocycles. The summed E-state index contributed by atoms with van der Waals surface area (Å²) in [5, 5.41) is 0. The molecule has 0 bridgehead atoms. The van der Waals surface area contributed by atoms with Gasteiger partial charge in [-0.1, -0.05) is 6.92 Å². The molecule has 0 fully saturated rings. The van der Waals surface area contributed by atoms with Gasteiger partial charge in [0.05, 0.1) is 5.69 Å². The Bertz CT molecular complexity index is 485. The lowest BCUT2D eigenvalue weighted by Gasteiger charge is -2.04. The number of nitrogens with zero attached hydrogens (tertiary/aromatic N) is 2. The van der Waals surface area contributed by atoms with Crippen LogP contribution in [0, 0.1) is 13.8 Å². The molecule has 0 unspecified atom stereocenters. The van der Waals surface area contributed by atoms with Gasteiger partial charge in [-0.3, -0.25) is 0 Å². The maximum Gasteiger partial charge on any atom is 0.137 e. The molecule has 0 aliphatic carbocycles. The van der Waals surface area contributed by atoms with E-state index in [0.29, 0.717) is 0 Å². The molecule has 0 aliphatic rings. The Labute approximate surface area is 92.1 Å². The third-order valence-corrected chi connectivity index (χ3v) is 3.46. The fourth-order valence-corrected chi connectivity index (χ4v) is 2.12. The molecular formula is C11H13BrN2. The fraction of sp³-hybridized carbons (Fsp3) is 0.364. The van der Waals surface area contributed by atoms with Crippen molar-refractivity contribution < 1.29 is 0 Å². The van der Waals surface area contributed by atoms with E-state index in [0.717, 1.165) is 16.5 Å². The third-order valence-electron chi connectivity index (χ3n) is 2.63. The van der Waals surface area contributed by atoms with Gasteiger partial charge in [-0.05, 0) is 48.3 Å².